The molecule has 0 fully saturated rings. The molecule has 3 aromatic rings. The van der Waals surface area contributed by atoms with Gasteiger partial charge in [-0.1, -0.05) is 0 Å². The smallest absolute Gasteiger partial charge is 0.434 e. The molecule has 0 saturated heterocycles. The summed E-state index contributed by atoms with van der Waals surface area (Å²) in [5.41, 5.74) is -1.29. The van der Waals surface area contributed by atoms with Crippen LogP contribution >= 0.6 is 11.3 Å². The number of phenolic OH excluding ortho intramolecular Hbond substituents is 1. The van der Waals surface area contributed by atoms with Crippen LogP contribution in [0.15, 0.2) is 17.5 Å². The number of rotatable bonds is 2. The van der Waals surface area contributed by atoms with E-state index in [1.54, 1.807) is 6.92 Å². The van der Waals surface area contributed by atoms with Gasteiger partial charge in [0.2, 0.25) is 12.5 Å². The van der Waals surface area contributed by atoms with E-state index in [0.717, 1.165) is 0 Å². The molecule has 2 aromatic heterocycles. The van der Waals surface area contributed by atoms with Crippen LogP contribution < -0.4 is 9.47 Å². The van der Waals surface area contributed by atoms with E-state index in [0.29, 0.717) is 10.8 Å². The van der Waals surface area contributed by atoms with Crippen LogP contribution in [0, 0.1) is 13.8 Å². The Hall–Kier alpha value is -2.88. The van der Waals surface area contributed by atoms with Crippen LogP contribution in [0.1, 0.15) is 16.5 Å². The molecule has 0 bridgehead atoms. The molecular weight excluding hydrogens is 383 g/mol. The summed E-state index contributed by atoms with van der Waals surface area (Å²) in [6.45, 7) is 2.97. The Morgan fingerprint density at radius 3 is 2.56 bits per heavy atom. The zero-order valence-corrected chi connectivity index (χ0v) is 14.9. The van der Waals surface area contributed by atoms with Gasteiger partial charge in [0.1, 0.15) is 5.82 Å². The molecule has 0 radical (unpaired) electrons. The number of hydrogen-bond acceptors (Lipinski definition) is 7. The summed E-state index contributed by atoms with van der Waals surface area (Å²) in [5.74, 6) is -0.0450. The molecule has 3 heterocycles. The van der Waals surface area contributed by atoms with Gasteiger partial charge in [0, 0.05) is 10.9 Å². The largest absolute Gasteiger partial charge is 0.504 e. The molecule has 0 unspecified atom stereocenters. The van der Waals surface area contributed by atoms with E-state index in [1.807, 2.05) is 0 Å². The lowest BCUT2D eigenvalue weighted by Gasteiger charge is -2.16. The molecule has 6 nitrogen and oxygen atoms in total. The number of benzene rings is 1. The number of phenols is 1. The van der Waals surface area contributed by atoms with Crippen molar-refractivity contribution < 1.29 is 27.8 Å². The number of halogens is 3. The lowest BCUT2D eigenvalue weighted by molar-refractivity contribution is -0.140. The van der Waals surface area contributed by atoms with Crippen LogP contribution in [0.25, 0.3) is 22.5 Å². The van der Waals surface area contributed by atoms with Crippen LogP contribution in [0.2, 0.25) is 0 Å². The summed E-state index contributed by atoms with van der Waals surface area (Å²) in [4.78, 5) is 12.0. The van der Waals surface area contributed by atoms with Crippen molar-refractivity contribution in [2.45, 2.75) is 20.0 Å². The maximum atomic E-state index is 13.7. The fraction of sp³-hybridized carbons (Fsp3) is 0.235. The minimum absolute atomic E-state index is 0.0673. The summed E-state index contributed by atoms with van der Waals surface area (Å²) in [6, 6.07) is 2.95. The molecule has 0 saturated carbocycles. The van der Waals surface area contributed by atoms with Crippen molar-refractivity contribution in [2.75, 3.05) is 6.79 Å². The van der Waals surface area contributed by atoms with Crippen molar-refractivity contribution in [3.05, 3.63) is 34.0 Å². The zero-order valence-electron chi connectivity index (χ0n) is 14.1. The highest BCUT2D eigenvalue weighted by molar-refractivity contribution is 7.09. The number of thiazole rings is 1. The first-order chi connectivity index (χ1) is 12.8. The summed E-state index contributed by atoms with van der Waals surface area (Å²) < 4.78 is 51.5. The van der Waals surface area contributed by atoms with Gasteiger partial charge in [-0.3, -0.25) is 0 Å². The average molecular weight is 395 g/mol. The number of ether oxygens (including phenoxy) is 2. The minimum Gasteiger partial charge on any atom is -0.504 e. The maximum absolute atomic E-state index is 13.7. The van der Waals surface area contributed by atoms with E-state index in [-0.39, 0.29) is 46.6 Å². The molecule has 1 N–H and O–H groups in total. The lowest BCUT2D eigenvalue weighted by Crippen LogP contribution is -2.14. The van der Waals surface area contributed by atoms with Crippen molar-refractivity contribution in [3.8, 4) is 39.8 Å². The van der Waals surface area contributed by atoms with Gasteiger partial charge in [-0.2, -0.15) is 13.2 Å². The van der Waals surface area contributed by atoms with E-state index in [2.05, 4.69) is 15.0 Å². The maximum Gasteiger partial charge on any atom is 0.434 e. The zero-order chi connectivity index (χ0) is 19.3. The van der Waals surface area contributed by atoms with Crippen LogP contribution in [0.5, 0.6) is 17.2 Å². The summed E-state index contributed by atoms with van der Waals surface area (Å²) in [6.07, 6.45) is -4.72. The van der Waals surface area contributed by atoms with Crippen LogP contribution in [-0.2, 0) is 6.18 Å². The molecule has 0 aliphatic carbocycles. The number of nitrogens with zero attached hydrogens (tertiary/aromatic N) is 3. The third-order valence-electron chi connectivity index (χ3n) is 3.93. The molecular formula is C17H12F3N3O3S. The Morgan fingerprint density at radius 2 is 1.89 bits per heavy atom. The number of aromatic nitrogens is 3. The molecule has 27 heavy (non-hydrogen) atoms. The molecule has 0 amide bonds. The van der Waals surface area contributed by atoms with E-state index < -0.39 is 11.9 Å². The van der Waals surface area contributed by atoms with Gasteiger partial charge in [0.05, 0.1) is 22.0 Å². The standard InChI is InChI=1S/C17H12F3N3O3S/c1-7-21-13(9-3-4-11-15(14(9)24)26-6-25-11)12(10-5-27-8(2)23-10)16(22-7)17(18,19)20/h3-5,24H,6H2,1-2H3. The molecule has 0 atom stereocenters. The molecule has 1 aliphatic heterocycles. The Labute approximate surface area is 155 Å². The number of fused-ring (bicyclic) bond motifs is 1. The quantitative estimate of drug-likeness (QED) is 0.696. The van der Waals surface area contributed by atoms with E-state index in [4.69, 9.17) is 9.47 Å². The minimum atomic E-state index is -4.72. The van der Waals surface area contributed by atoms with Crippen molar-refractivity contribution in [1.29, 1.82) is 0 Å². The van der Waals surface area contributed by atoms with Crippen LogP contribution in [0.4, 0.5) is 13.2 Å². The van der Waals surface area contributed by atoms with Crippen LogP contribution in [-0.4, -0.2) is 26.9 Å². The first-order valence-corrected chi connectivity index (χ1v) is 8.64. The van der Waals surface area contributed by atoms with Crippen molar-refractivity contribution >= 4 is 11.3 Å². The molecule has 140 valence electrons. The van der Waals surface area contributed by atoms with Crippen molar-refractivity contribution in [3.63, 3.8) is 0 Å². The fourth-order valence-corrected chi connectivity index (χ4v) is 3.45. The van der Waals surface area contributed by atoms with Gasteiger partial charge in [0.25, 0.3) is 0 Å². The van der Waals surface area contributed by atoms with Gasteiger partial charge in [0.15, 0.2) is 17.2 Å². The third kappa shape index (κ3) is 2.95. The predicted octanol–water partition coefficient (Wildman–Crippen LogP) is 4.34. The molecule has 1 aliphatic rings. The monoisotopic (exact) mass is 395 g/mol. The number of alkyl halides is 3. The SMILES string of the molecule is Cc1nc(-c2ccc3c(c2O)OCO3)c(-c2csc(C)n2)c(C(F)(F)F)n1. The highest BCUT2D eigenvalue weighted by Crippen LogP contribution is 2.49. The number of aromatic hydroxyl groups is 1. The van der Waals surface area contributed by atoms with E-state index >= 15 is 0 Å². The van der Waals surface area contributed by atoms with Gasteiger partial charge >= 0.3 is 6.18 Å². The second-order valence-electron chi connectivity index (χ2n) is 5.79. The van der Waals surface area contributed by atoms with Gasteiger partial charge in [-0.25, -0.2) is 15.0 Å². The second-order valence-corrected chi connectivity index (χ2v) is 6.85. The van der Waals surface area contributed by atoms with Gasteiger partial charge in [-0.15, -0.1) is 11.3 Å². The van der Waals surface area contributed by atoms with Crippen molar-refractivity contribution in [2.24, 2.45) is 0 Å². The molecule has 1 aromatic carbocycles. The van der Waals surface area contributed by atoms with Crippen LogP contribution in [0.3, 0.4) is 0 Å². The predicted molar refractivity (Wildman–Crippen MR) is 90.8 cm³/mol. The number of hydrogen-bond donors (Lipinski definition) is 1. The van der Waals surface area contributed by atoms with Gasteiger partial charge < -0.3 is 14.6 Å². The topological polar surface area (TPSA) is 77.4 Å². The Morgan fingerprint density at radius 1 is 1.11 bits per heavy atom. The summed E-state index contributed by atoms with van der Waals surface area (Å²) in [7, 11) is 0. The molecule has 10 heteroatoms. The summed E-state index contributed by atoms with van der Waals surface area (Å²) >= 11 is 1.21. The fourth-order valence-electron chi connectivity index (χ4n) is 2.84. The molecule has 4 rings (SSSR count). The first-order valence-electron chi connectivity index (χ1n) is 7.76. The molecule has 0 spiro atoms. The normalized spacial score (nSPS) is 13.2. The first kappa shape index (κ1) is 17.5. The highest BCUT2D eigenvalue weighted by Gasteiger charge is 2.39. The second kappa shape index (κ2) is 6.08. The van der Waals surface area contributed by atoms with Crippen molar-refractivity contribution in [1.82, 2.24) is 15.0 Å². The number of aryl methyl sites for hydroxylation is 2. The van der Waals surface area contributed by atoms with E-state index in [1.165, 1.54) is 35.8 Å². The van der Waals surface area contributed by atoms with Gasteiger partial charge in [-0.05, 0) is 26.0 Å². The lowest BCUT2D eigenvalue weighted by atomic mass is 10.00. The Bertz CT molecular complexity index is 1050. The van der Waals surface area contributed by atoms with E-state index in [9.17, 15) is 18.3 Å². The Balaban J connectivity index is 2.05. The third-order valence-corrected chi connectivity index (χ3v) is 4.71. The summed E-state index contributed by atoms with van der Waals surface area (Å²) in [5, 5.41) is 12.7. The Kier molecular flexibility index (Phi) is 3.95. The average Bonchev–Trinajstić information content (AvgIpc) is 3.23. The highest BCUT2D eigenvalue weighted by atomic mass is 32.1.